The number of aliphatic hydroxyl groups is 2. The molecular weight excluding hydrogens is 479 g/mol. The molecule has 0 aromatic carbocycles. The number of carbonyl (C=O) groups is 1. The molecule has 0 saturated heterocycles. The van der Waals surface area contributed by atoms with Crippen LogP contribution in [0.4, 0.5) is 0 Å². The fraction of sp³-hybridized carbons (Fsp3) is 0.880. The molecule has 0 aliphatic heterocycles. The van der Waals surface area contributed by atoms with E-state index < -0.39 is 22.0 Å². The third-order valence-corrected chi connectivity index (χ3v) is 6.51. The predicted octanol–water partition coefficient (Wildman–Crippen LogP) is 3.30. The fourth-order valence-corrected chi connectivity index (χ4v) is 4.42. The Bertz CT molecular complexity index is 619. The van der Waals surface area contributed by atoms with E-state index >= 15 is 0 Å². The van der Waals surface area contributed by atoms with Crippen LogP contribution in [0.3, 0.4) is 0 Å². The molecule has 203 valence electrons. The number of hydrogen-bond donors (Lipinski definition) is 4. The fourth-order valence-electron chi connectivity index (χ4n) is 3.83. The standard InChI is InChI=1S/C25H50N2O6S.Na/c1-2-3-4-5-6-7-8-9-10-11-12-13-14-15-16-17-25(30)26-18-19-27(20-21-28)22-24(29)23-34(31,32)33;/h9-10,24,28-29H,2-8,11-23H2,1H3,(H,26,30)(H,31,32,33);/b10-9-;. The largest absolute Gasteiger partial charge is 0.395 e. The van der Waals surface area contributed by atoms with Crippen molar-refractivity contribution in [1.29, 1.82) is 0 Å². The molecule has 8 nitrogen and oxygen atoms in total. The second kappa shape index (κ2) is 25.6. The van der Waals surface area contributed by atoms with E-state index in [0.717, 1.165) is 25.7 Å². The van der Waals surface area contributed by atoms with Crippen molar-refractivity contribution >= 4 is 45.6 Å². The van der Waals surface area contributed by atoms with Gasteiger partial charge in [-0.3, -0.25) is 14.2 Å². The zero-order valence-corrected chi connectivity index (χ0v) is 25.1. The van der Waals surface area contributed by atoms with Gasteiger partial charge in [-0.25, -0.2) is 0 Å². The van der Waals surface area contributed by atoms with Crippen LogP contribution >= 0.6 is 0 Å². The molecule has 1 unspecified atom stereocenters. The Balaban J connectivity index is 0. The van der Waals surface area contributed by atoms with Gasteiger partial charge in [0, 0.05) is 62.2 Å². The van der Waals surface area contributed by atoms with E-state index in [0.29, 0.717) is 19.5 Å². The van der Waals surface area contributed by atoms with Crippen molar-refractivity contribution in [3.63, 3.8) is 0 Å². The summed E-state index contributed by atoms with van der Waals surface area (Å²) < 4.78 is 30.5. The Kier molecular flexibility index (Phi) is 27.2. The first-order valence-corrected chi connectivity index (χ1v) is 14.8. The average Bonchev–Trinajstić information content (AvgIpc) is 2.75. The third-order valence-electron chi connectivity index (χ3n) is 5.70. The van der Waals surface area contributed by atoms with Crippen LogP contribution in [0.25, 0.3) is 0 Å². The van der Waals surface area contributed by atoms with Crippen LogP contribution in [0.1, 0.15) is 96.8 Å². The van der Waals surface area contributed by atoms with Crippen LogP contribution in [-0.2, 0) is 14.9 Å². The molecule has 0 aliphatic rings. The van der Waals surface area contributed by atoms with Gasteiger partial charge in [-0.1, -0.05) is 70.4 Å². The van der Waals surface area contributed by atoms with Crippen molar-refractivity contribution in [2.45, 2.75) is 103 Å². The zero-order chi connectivity index (χ0) is 25.5. The van der Waals surface area contributed by atoms with Crippen LogP contribution in [0.5, 0.6) is 0 Å². The molecule has 10 heteroatoms. The summed E-state index contributed by atoms with van der Waals surface area (Å²) in [5.74, 6) is -0.781. The number of rotatable bonds is 24. The van der Waals surface area contributed by atoms with E-state index in [1.54, 1.807) is 4.90 Å². The van der Waals surface area contributed by atoms with Crippen molar-refractivity contribution in [3.05, 3.63) is 12.2 Å². The summed E-state index contributed by atoms with van der Waals surface area (Å²) in [6.07, 6.45) is 19.6. The van der Waals surface area contributed by atoms with Gasteiger partial charge in [0.1, 0.15) is 5.75 Å². The van der Waals surface area contributed by atoms with E-state index in [2.05, 4.69) is 24.4 Å². The monoisotopic (exact) mass is 529 g/mol. The Morgan fingerprint density at radius 3 is 2.00 bits per heavy atom. The van der Waals surface area contributed by atoms with Gasteiger partial charge >= 0.3 is 0 Å². The molecule has 35 heavy (non-hydrogen) atoms. The molecule has 0 spiro atoms. The van der Waals surface area contributed by atoms with Gasteiger partial charge in [-0.15, -0.1) is 0 Å². The second-order valence-corrected chi connectivity index (χ2v) is 10.6. The number of nitrogens with one attached hydrogen (secondary N) is 1. The molecule has 0 fully saturated rings. The van der Waals surface area contributed by atoms with Crippen LogP contribution in [0.2, 0.25) is 0 Å². The first-order chi connectivity index (χ1) is 16.3. The van der Waals surface area contributed by atoms with E-state index in [9.17, 15) is 18.3 Å². The van der Waals surface area contributed by atoms with Crippen LogP contribution in [0.15, 0.2) is 12.2 Å². The van der Waals surface area contributed by atoms with Crippen LogP contribution in [-0.4, -0.2) is 108 Å². The maximum atomic E-state index is 12.0. The number of carbonyl (C=O) groups excluding carboxylic acids is 1. The number of amides is 1. The summed E-state index contributed by atoms with van der Waals surface area (Å²) >= 11 is 0. The smallest absolute Gasteiger partial charge is 0.267 e. The first kappa shape index (κ1) is 37.2. The molecule has 4 N–H and O–H groups in total. The first-order valence-electron chi connectivity index (χ1n) is 13.2. The number of hydrogen-bond acceptors (Lipinski definition) is 6. The molecule has 1 atom stereocenters. The van der Waals surface area contributed by atoms with Crippen LogP contribution < -0.4 is 5.32 Å². The minimum atomic E-state index is -4.26. The quantitative estimate of drug-likeness (QED) is 0.0654. The summed E-state index contributed by atoms with van der Waals surface area (Å²) in [4.78, 5) is 13.6. The molecule has 0 aromatic heterocycles. The van der Waals surface area contributed by atoms with E-state index in [1.807, 2.05) is 0 Å². The van der Waals surface area contributed by atoms with E-state index in [1.165, 1.54) is 57.8 Å². The van der Waals surface area contributed by atoms with Gasteiger partial charge in [0.05, 0.1) is 12.7 Å². The van der Waals surface area contributed by atoms with Gasteiger partial charge in [0.2, 0.25) is 5.91 Å². The summed E-state index contributed by atoms with van der Waals surface area (Å²) in [6, 6.07) is 0. The maximum absolute atomic E-state index is 12.0. The molecule has 0 saturated carbocycles. The third kappa shape index (κ3) is 28.4. The van der Waals surface area contributed by atoms with E-state index in [4.69, 9.17) is 9.66 Å². The number of allylic oxidation sites excluding steroid dienone is 2. The minimum Gasteiger partial charge on any atom is -0.395 e. The van der Waals surface area contributed by atoms with Gasteiger partial charge in [0.25, 0.3) is 10.1 Å². The maximum Gasteiger partial charge on any atom is 0.267 e. The number of nitrogens with zero attached hydrogens (tertiary/aromatic N) is 1. The molecule has 1 amide bonds. The zero-order valence-electron chi connectivity index (χ0n) is 22.3. The van der Waals surface area contributed by atoms with Crippen molar-refractivity contribution in [1.82, 2.24) is 10.2 Å². The molecule has 0 aliphatic carbocycles. The normalized spacial score (nSPS) is 12.7. The predicted molar refractivity (Wildman–Crippen MR) is 144 cm³/mol. The van der Waals surface area contributed by atoms with Crippen molar-refractivity contribution in [2.75, 3.05) is 38.5 Å². The summed E-state index contributed by atoms with van der Waals surface area (Å²) in [7, 11) is -4.26. The average molecular weight is 530 g/mol. The van der Waals surface area contributed by atoms with Crippen LogP contribution in [0, 0.1) is 0 Å². The molecule has 0 rings (SSSR count). The van der Waals surface area contributed by atoms with E-state index in [-0.39, 0.29) is 55.2 Å². The summed E-state index contributed by atoms with van der Waals surface area (Å²) in [6.45, 7) is 3.05. The second-order valence-electron chi connectivity index (χ2n) is 9.11. The van der Waals surface area contributed by atoms with Crippen molar-refractivity contribution < 1.29 is 28.0 Å². The van der Waals surface area contributed by atoms with Crippen molar-refractivity contribution in [2.24, 2.45) is 0 Å². The number of aliphatic hydroxyl groups excluding tert-OH is 2. The molecule has 0 aromatic rings. The van der Waals surface area contributed by atoms with Gasteiger partial charge in [-0.05, 0) is 32.1 Å². The number of unbranched alkanes of at least 4 members (excludes halogenated alkanes) is 11. The Labute approximate surface area is 236 Å². The van der Waals surface area contributed by atoms with Crippen molar-refractivity contribution in [3.8, 4) is 0 Å². The Morgan fingerprint density at radius 2 is 1.46 bits per heavy atom. The molecule has 1 radical (unpaired) electrons. The Hall–Kier alpha value is -0.000000000000000222. The Morgan fingerprint density at radius 1 is 0.914 bits per heavy atom. The SMILES string of the molecule is CCCCCCCC/C=C\CCCCCCCC(=O)NCCN(CCO)CC(O)CS(=O)(=O)O.[Na]. The molecular formula is C25H50N2NaO6S. The molecule has 0 heterocycles. The van der Waals surface area contributed by atoms with Gasteiger partial charge < -0.3 is 15.5 Å². The van der Waals surface area contributed by atoms with Gasteiger partial charge in [-0.2, -0.15) is 8.42 Å². The summed E-state index contributed by atoms with van der Waals surface area (Å²) in [5.41, 5.74) is 0. The molecule has 0 bridgehead atoms. The summed E-state index contributed by atoms with van der Waals surface area (Å²) in [5, 5.41) is 21.7. The van der Waals surface area contributed by atoms with Gasteiger partial charge in [0.15, 0.2) is 0 Å². The topological polar surface area (TPSA) is 127 Å². The minimum absolute atomic E-state index is 0.